The number of nitrogens with one attached hydrogen (secondary N) is 2. The highest BCUT2D eigenvalue weighted by atomic mass is 35.5. The third kappa shape index (κ3) is 4.38. The Morgan fingerprint density at radius 3 is 2.76 bits per heavy atom. The number of hydrogen-bond acceptors (Lipinski definition) is 6. The number of ether oxygens (including phenoxy) is 1. The molecule has 0 amide bonds. The van der Waals surface area contributed by atoms with Gasteiger partial charge in [0.1, 0.15) is 11.9 Å². The van der Waals surface area contributed by atoms with Crippen LogP contribution in [0.25, 0.3) is 22.0 Å². The molecule has 2 aromatic carbocycles. The zero-order chi connectivity index (χ0) is 22.4. The molecular formula is C25H25ClN6O. The number of rotatable bonds is 6. The highest BCUT2D eigenvalue weighted by Crippen LogP contribution is 2.42. The monoisotopic (exact) mass is 460 g/mol. The summed E-state index contributed by atoms with van der Waals surface area (Å²) in [6, 6.07) is 10.3. The Labute approximate surface area is 197 Å². The molecule has 7 nitrogen and oxygen atoms in total. The molecule has 1 aliphatic carbocycles. The van der Waals surface area contributed by atoms with Crippen molar-refractivity contribution in [3.8, 4) is 16.9 Å². The maximum Gasteiger partial charge on any atom is 0.227 e. The van der Waals surface area contributed by atoms with Crippen molar-refractivity contribution in [2.45, 2.75) is 31.3 Å². The Bertz CT molecular complexity index is 1330. The molecule has 1 saturated carbocycles. The van der Waals surface area contributed by atoms with Gasteiger partial charge in [0.2, 0.25) is 5.95 Å². The zero-order valence-corrected chi connectivity index (χ0v) is 19.1. The van der Waals surface area contributed by atoms with Crippen LogP contribution in [0.2, 0.25) is 5.02 Å². The highest BCUT2D eigenvalue weighted by molar-refractivity contribution is 6.35. The van der Waals surface area contributed by atoms with Gasteiger partial charge in [-0.05, 0) is 67.1 Å². The van der Waals surface area contributed by atoms with Crippen molar-refractivity contribution in [1.82, 2.24) is 25.1 Å². The molecular weight excluding hydrogens is 436 g/mol. The zero-order valence-electron chi connectivity index (χ0n) is 18.4. The van der Waals surface area contributed by atoms with Crippen LogP contribution in [0.5, 0.6) is 5.75 Å². The third-order valence-corrected chi connectivity index (χ3v) is 6.51. The lowest BCUT2D eigenvalue weighted by atomic mass is 10.1. The third-order valence-electron chi connectivity index (χ3n) is 6.23. The number of fused-ring (bicyclic) bond motifs is 1. The van der Waals surface area contributed by atoms with Gasteiger partial charge in [0, 0.05) is 48.7 Å². The van der Waals surface area contributed by atoms with E-state index in [2.05, 4.69) is 38.9 Å². The van der Waals surface area contributed by atoms with Crippen LogP contribution < -0.4 is 15.4 Å². The first-order valence-electron chi connectivity index (χ1n) is 11.4. The molecule has 3 heterocycles. The normalized spacial score (nSPS) is 18.1. The lowest BCUT2D eigenvalue weighted by Gasteiger charge is -2.15. The minimum atomic E-state index is 0.165. The topological polar surface area (TPSA) is 76.9 Å². The smallest absolute Gasteiger partial charge is 0.227 e. The van der Waals surface area contributed by atoms with E-state index < -0.39 is 0 Å². The van der Waals surface area contributed by atoms with E-state index in [1.807, 2.05) is 37.8 Å². The van der Waals surface area contributed by atoms with Crippen LogP contribution in [0, 0.1) is 0 Å². The molecule has 1 atom stereocenters. The van der Waals surface area contributed by atoms with E-state index >= 15 is 0 Å². The molecule has 1 saturated heterocycles. The van der Waals surface area contributed by atoms with Crippen molar-refractivity contribution in [1.29, 1.82) is 0 Å². The summed E-state index contributed by atoms with van der Waals surface area (Å²) in [5.41, 5.74) is 4.93. The minimum Gasteiger partial charge on any atom is -0.489 e. The Balaban J connectivity index is 1.33. The van der Waals surface area contributed by atoms with Crippen LogP contribution in [-0.2, 0) is 7.05 Å². The Kier molecular flexibility index (Phi) is 5.15. The average molecular weight is 461 g/mol. The average Bonchev–Trinajstić information content (AvgIpc) is 3.36. The summed E-state index contributed by atoms with van der Waals surface area (Å²) >= 11 is 6.58. The lowest BCUT2D eigenvalue weighted by molar-refractivity contribution is 0.223. The molecule has 0 spiro atoms. The van der Waals surface area contributed by atoms with Gasteiger partial charge in [-0.25, -0.2) is 9.97 Å². The molecule has 1 aliphatic heterocycles. The second kappa shape index (κ2) is 8.32. The van der Waals surface area contributed by atoms with Gasteiger partial charge in [-0.3, -0.25) is 4.68 Å². The van der Waals surface area contributed by atoms with E-state index in [0.717, 1.165) is 53.0 Å². The fraction of sp³-hybridized carbons (Fsp3) is 0.320. The number of benzene rings is 2. The fourth-order valence-corrected chi connectivity index (χ4v) is 4.64. The van der Waals surface area contributed by atoms with E-state index in [9.17, 15) is 0 Å². The second-order valence-corrected chi connectivity index (χ2v) is 9.32. The summed E-state index contributed by atoms with van der Waals surface area (Å²) in [4.78, 5) is 9.26. The van der Waals surface area contributed by atoms with Gasteiger partial charge in [0.15, 0.2) is 0 Å². The van der Waals surface area contributed by atoms with Gasteiger partial charge >= 0.3 is 0 Å². The van der Waals surface area contributed by atoms with Crippen LogP contribution >= 0.6 is 11.6 Å². The fourth-order valence-electron chi connectivity index (χ4n) is 4.36. The minimum absolute atomic E-state index is 0.165. The SMILES string of the molecule is Cn1cc(-c2cc(Nc3ncc4cc(C5CC5)cc(Cl)c4n3)cc(O[C@@H]3CCNC3)c2)cn1. The largest absolute Gasteiger partial charge is 0.489 e. The van der Waals surface area contributed by atoms with Crippen LogP contribution in [-0.4, -0.2) is 38.9 Å². The Morgan fingerprint density at radius 1 is 1.09 bits per heavy atom. The van der Waals surface area contributed by atoms with Gasteiger partial charge in [-0.1, -0.05) is 11.6 Å². The van der Waals surface area contributed by atoms with Crippen molar-refractivity contribution in [2.75, 3.05) is 18.4 Å². The molecule has 8 heteroatoms. The van der Waals surface area contributed by atoms with Crippen LogP contribution in [0.4, 0.5) is 11.6 Å². The number of halogens is 1. The van der Waals surface area contributed by atoms with Crippen LogP contribution in [0.1, 0.15) is 30.7 Å². The van der Waals surface area contributed by atoms with Crippen molar-refractivity contribution in [3.63, 3.8) is 0 Å². The summed E-state index contributed by atoms with van der Waals surface area (Å²) in [6.45, 7) is 1.83. The number of hydrogen-bond donors (Lipinski definition) is 2. The molecule has 2 fully saturated rings. The molecule has 2 N–H and O–H groups in total. The van der Waals surface area contributed by atoms with Crippen molar-refractivity contribution in [2.24, 2.45) is 7.05 Å². The summed E-state index contributed by atoms with van der Waals surface area (Å²) in [5.74, 6) is 1.94. The molecule has 0 bridgehead atoms. The quantitative estimate of drug-likeness (QED) is 0.419. The number of nitrogens with zero attached hydrogens (tertiary/aromatic N) is 4. The first-order chi connectivity index (χ1) is 16.1. The van der Waals surface area contributed by atoms with Crippen molar-refractivity contribution in [3.05, 3.63) is 59.5 Å². The Morgan fingerprint density at radius 2 is 2.00 bits per heavy atom. The van der Waals surface area contributed by atoms with E-state index in [0.29, 0.717) is 16.9 Å². The molecule has 0 radical (unpaired) electrons. The second-order valence-electron chi connectivity index (χ2n) is 8.91. The van der Waals surface area contributed by atoms with Crippen LogP contribution in [0.3, 0.4) is 0 Å². The van der Waals surface area contributed by atoms with Crippen molar-refractivity contribution >= 4 is 34.1 Å². The first kappa shape index (κ1) is 20.4. The van der Waals surface area contributed by atoms with Gasteiger partial charge in [0.25, 0.3) is 0 Å². The van der Waals surface area contributed by atoms with E-state index in [1.165, 1.54) is 18.4 Å². The molecule has 33 heavy (non-hydrogen) atoms. The van der Waals surface area contributed by atoms with Gasteiger partial charge in [-0.15, -0.1) is 0 Å². The standard InChI is InChI=1S/C25H25ClN6O/c1-32-14-19(12-29-32)17-7-20(10-22(8-17)33-21-4-5-27-13-21)30-25-28-11-18-6-16(15-2-3-15)9-23(26)24(18)31-25/h6-12,14-15,21,27H,2-5,13H2,1H3,(H,28,30,31)/t21-/m1/s1. The molecule has 0 unspecified atom stereocenters. The molecule has 168 valence electrons. The van der Waals surface area contributed by atoms with E-state index in [-0.39, 0.29) is 6.10 Å². The van der Waals surface area contributed by atoms with E-state index in [1.54, 1.807) is 4.68 Å². The van der Waals surface area contributed by atoms with Gasteiger partial charge in [-0.2, -0.15) is 5.10 Å². The molecule has 6 rings (SSSR count). The maximum absolute atomic E-state index is 6.58. The summed E-state index contributed by atoms with van der Waals surface area (Å²) in [7, 11) is 1.91. The van der Waals surface area contributed by atoms with Gasteiger partial charge < -0.3 is 15.4 Å². The predicted molar refractivity (Wildman–Crippen MR) is 130 cm³/mol. The summed E-state index contributed by atoms with van der Waals surface area (Å²) < 4.78 is 8.05. The molecule has 2 aromatic heterocycles. The van der Waals surface area contributed by atoms with E-state index in [4.69, 9.17) is 21.3 Å². The van der Waals surface area contributed by atoms with Crippen LogP contribution in [0.15, 0.2) is 48.9 Å². The van der Waals surface area contributed by atoms with Gasteiger partial charge in [0.05, 0.1) is 16.7 Å². The highest BCUT2D eigenvalue weighted by Gasteiger charge is 2.24. The Hall–Kier alpha value is -3.16. The first-order valence-corrected chi connectivity index (χ1v) is 11.7. The number of anilines is 2. The number of aryl methyl sites for hydroxylation is 1. The number of aromatic nitrogens is 4. The lowest BCUT2D eigenvalue weighted by Crippen LogP contribution is -2.19. The molecule has 2 aliphatic rings. The summed E-state index contributed by atoms with van der Waals surface area (Å²) in [5, 5.41) is 12.6. The maximum atomic E-state index is 6.58. The van der Waals surface area contributed by atoms with Crippen molar-refractivity contribution < 1.29 is 4.74 Å². The predicted octanol–water partition coefficient (Wildman–Crippen LogP) is 5.05. The summed E-state index contributed by atoms with van der Waals surface area (Å²) in [6.07, 6.45) is 9.31. The molecule has 4 aromatic rings.